The molecular weight excluding hydrogens is 282 g/mol. The van der Waals surface area contributed by atoms with Gasteiger partial charge in [0.05, 0.1) is 12.6 Å². The number of hydrogen-bond acceptors (Lipinski definition) is 4. The molecular formula is C16H35N3O3. The summed E-state index contributed by atoms with van der Waals surface area (Å²) in [6.45, 7) is 11.6. The van der Waals surface area contributed by atoms with Crippen molar-refractivity contribution in [1.29, 1.82) is 0 Å². The highest BCUT2D eigenvalue weighted by Crippen LogP contribution is 2.01. The van der Waals surface area contributed by atoms with Crippen molar-refractivity contribution in [1.82, 2.24) is 10.6 Å². The standard InChI is InChI=1S/C12H23N3O3.2C2H6/c1-3-11(17)14-8-12(18)15-10(9(2)16)6-4-5-7-13;2*1-2/h10H,3-8,13H2,1-2H3,(H,14,17)(H,15,18);2*1-2H3. The fourth-order valence-electron chi connectivity index (χ4n) is 1.42. The highest BCUT2D eigenvalue weighted by atomic mass is 16.2. The van der Waals surface area contributed by atoms with Crippen LogP contribution in [-0.2, 0) is 14.4 Å². The van der Waals surface area contributed by atoms with Crippen molar-refractivity contribution in [3.05, 3.63) is 0 Å². The van der Waals surface area contributed by atoms with Gasteiger partial charge in [0, 0.05) is 6.42 Å². The van der Waals surface area contributed by atoms with Crippen LogP contribution in [0.2, 0.25) is 0 Å². The zero-order chi connectivity index (χ0) is 18.0. The van der Waals surface area contributed by atoms with E-state index in [1.807, 2.05) is 27.7 Å². The molecule has 0 fully saturated rings. The van der Waals surface area contributed by atoms with Gasteiger partial charge in [0.15, 0.2) is 5.78 Å². The topological polar surface area (TPSA) is 101 Å². The summed E-state index contributed by atoms with van der Waals surface area (Å²) in [5.41, 5.74) is 5.37. The maximum atomic E-state index is 11.5. The van der Waals surface area contributed by atoms with Crippen molar-refractivity contribution in [3.8, 4) is 0 Å². The van der Waals surface area contributed by atoms with Crippen LogP contribution in [0, 0.1) is 0 Å². The molecule has 0 aliphatic heterocycles. The molecule has 1 unspecified atom stereocenters. The quantitative estimate of drug-likeness (QED) is 0.564. The summed E-state index contributed by atoms with van der Waals surface area (Å²) in [5, 5.41) is 5.07. The van der Waals surface area contributed by atoms with Crippen molar-refractivity contribution in [2.75, 3.05) is 13.1 Å². The first kappa shape index (κ1) is 25.5. The molecule has 132 valence electrons. The molecule has 0 saturated carbocycles. The Morgan fingerprint density at radius 3 is 1.95 bits per heavy atom. The molecule has 6 heteroatoms. The molecule has 0 heterocycles. The van der Waals surface area contributed by atoms with Gasteiger partial charge in [-0.2, -0.15) is 0 Å². The predicted octanol–water partition coefficient (Wildman–Crippen LogP) is 1.77. The Morgan fingerprint density at radius 2 is 1.55 bits per heavy atom. The fourth-order valence-corrected chi connectivity index (χ4v) is 1.42. The van der Waals surface area contributed by atoms with Crippen LogP contribution in [0.1, 0.15) is 67.2 Å². The lowest BCUT2D eigenvalue weighted by Crippen LogP contribution is -2.44. The molecule has 0 aromatic heterocycles. The smallest absolute Gasteiger partial charge is 0.239 e. The minimum atomic E-state index is -0.484. The number of rotatable bonds is 9. The van der Waals surface area contributed by atoms with Crippen LogP contribution in [0.5, 0.6) is 0 Å². The van der Waals surface area contributed by atoms with E-state index in [2.05, 4.69) is 10.6 Å². The number of nitrogens with one attached hydrogen (secondary N) is 2. The Morgan fingerprint density at radius 1 is 1.00 bits per heavy atom. The third kappa shape index (κ3) is 16.6. The third-order valence-corrected chi connectivity index (χ3v) is 2.54. The summed E-state index contributed by atoms with van der Waals surface area (Å²) in [6.07, 6.45) is 2.54. The van der Waals surface area contributed by atoms with E-state index >= 15 is 0 Å². The Balaban J connectivity index is -0.000000826. The van der Waals surface area contributed by atoms with Gasteiger partial charge in [-0.3, -0.25) is 14.4 Å². The van der Waals surface area contributed by atoms with Crippen molar-refractivity contribution in [2.24, 2.45) is 5.73 Å². The van der Waals surface area contributed by atoms with Gasteiger partial charge < -0.3 is 16.4 Å². The zero-order valence-corrected chi connectivity index (χ0v) is 15.1. The van der Waals surface area contributed by atoms with Crippen LogP contribution in [0.15, 0.2) is 0 Å². The van der Waals surface area contributed by atoms with E-state index in [-0.39, 0.29) is 24.1 Å². The second-order valence-electron chi connectivity index (χ2n) is 4.15. The Labute approximate surface area is 135 Å². The lowest BCUT2D eigenvalue weighted by atomic mass is 10.1. The van der Waals surface area contributed by atoms with E-state index in [1.54, 1.807) is 6.92 Å². The molecule has 22 heavy (non-hydrogen) atoms. The molecule has 0 radical (unpaired) electrons. The molecule has 0 spiro atoms. The van der Waals surface area contributed by atoms with Crippen LogP contribution in [0.25, 0.3) is 0 Å². The first-order chi connectivity index (χ1) is 10.5. The van der Waals surface area contributed by atoms with Crippen molar-refractivity contribution >= 4 is 17.6 Å². The van der Waals surface area contributed by atoms with Gasteiger partial charge >= 0.3 is 0 Å². The van der Waals surface area contributed by atoms with Crippen molar-refractivity contribution in [2.45, 2.75) is 73.3 Å². The number of ketones is 1. The summed E-state index contributed by atoms with van der Waals surface area (Å²) in [4.78, 5) is 33.8. The van der Waals surface area contributed by atoms with Crippen molar-refractivity contribution < 1.29 is 14.4 Å². The van der Waals surface area contributed by atoms with Gasteiger partial charge in [0.2, 0.25) is 11.8 Å². The average Bonchev–Trinajstić information content (AvgIpc) is 2.55. The number of Topliss-reactive ketones (excluding diaryl/α,β-unsaturated/α-hetero) is 1. The number of hydrogen-bond donors (Lipinski definition) is 3. The second-order valence-corrected chi connectivity index (χ2v) is 4.15. The summed E-state index contributed by atoms with van der Waals surface area (Å²) < 4.78 is 0. The molecule has 2 amide bonds. The first-order valence-electron chi connectivity index (χ1n) is 8.27. The number of carbonyl (C=O) groups excluding carboxylic acids is 3. The Kier molecular flexibility index (Phi) is 22.7. The van der Waals surface area contributed by atoms with Crippen LogP contribution < -0.4 is 16.4 Å². The molecule has 0 aromatic carbocycles. The summed E-state index contributed by atoms with van der Waals surface area (Å²) in [6, 6.07) is -0.484. The van der Waals surface area contributed by atoms with E-state index in [0.29, 0.717) is 19.4 Å². The summed E-state index contributed by atoms with van der Waals surface area (Å²) >= 11 is 0. The van der Waals surface area contributed by atoms with Gasteiger partial charge in [-0.1, -0.05) is 34.6 Å². The third-order valence-electron chi connectivity index (χ3n) is 2.54. The lowest BCUT2D eigenvalue weighted by Gasteiger charge is -2.15. The Hall–Kier alpha value is -1.43. The number of amides is 2. The summed E-state index contributed by atoms with van der Waals surface area (Å²) in [7, 11) is 0. The molecule has 1 atom stereocenters. The van der Waals surface area contributed by atoms with Gasteiger partial charge in [-0.15, -0.1) is 0 Å². The minimum absolute atomic E-state index is 0.0813. The van der Waals surface area contributed by atoms with Crippen molar-refractivity contribution in [3.63, 3.8) is 0 Å². The molecule has 0 aliphatic rings. The zero-order valence-electron chi connectivity index (χ0n) is 15.1. The fraction of sp³-hybridized carbons (Fsp3) is 0.812. The molecule has 0 aromatic rings. The Bertz CT molecular complexity index is 294. The normalized spacial score (nSPS) is 10.1. The predicted molar refractivity (Wildman–Crippen MR) is 91.5 cm³/mol. The SMILES string of the molecule is CC.CC.CCC(=O)NCC(=O)NC(CCCCN)C(C)=O. The van der Waals surface area contributed by atoms with Crippen LogP contribution in [-0.4, -0.2) is 36.7 Å². The van der Waals surface area contributed by atoms with E-state index < -0.39 is 6.04 Å². The molecule has 0 bridgehead atoms. The molecule has 0 aliphatic carbocycles. The molecule has 6 nitrogen and oxygen atoms in total. The highest BCUT2D eigenvalue weighted by molar-refractivity contribution is 5.89. The van der Waals surface area contributed by atoms with E-state index in [9.17, 15) is 14.4 Å². The summed E-state index contributed by atoms with van der Waals surface area (Å²) in [5.74, 6) is -0.611. The largest absolute Gasteiger partial charge is 0.347 e. The number of nitrogens with two attached hydrogens (primary N) is 1. The van der Waals surface area contributed by atoms with Crippen LogP contribution in [0.3, 0.4) is 0 Å². The monoisotopic (exact) mass is 317 g/mol. The van der Waals surface area contributed by atoms with Gasteiger partial charge in [0.25, 0.3) is 0 Å². The first-order valence-corrected chi connectivity index (χ1v) is 8.27. The van der Waals surface area contributed by atoms with E-state index in [0.717, 1.165) is 12.8 Å². The van der Waals surface area contributed by atoms with Gasteiger partial charge in [-0.05, 0) is 32.7 Å². The molecule has 4 N–H and O–H groups in total. The maximum absolute atomic E-state index is 11.5. The van der Waals surface area contributed by atoms with E-state index in [4.69, 9.17) is 5.73 Å². The molecule has 0 saturated heterocycles. The van der Waals surface area contributed by atoms with Crippen LogP contribution >= 0.6 is 0 Å². The van der Waals surface area contributed by atoms with E-state index in [1.165, 1.54) is 6.92 Å². The minimum Gasteiger partial charge on any atom is -0.347 e. The maximum Gasteiger partial charge on any atom is 0.239 e. The van der Waals surface area contributed by atoms with Gasteiger partial charge in [0.1, 0.15) is 0 Å². The number of carbonyl (C=O) groups is 3. The van der Waals surface area contributed by atoms with Crippen LogP contribution in [0.4, 0.5) is 0 Å². The molecule has 0 rings (SSSR count). The van der Waals surface area contributed by atoms with Gasteiger partial charge in [-0.25, -0.2) is 0 Å². The second kappa shape index (κ2) is 19.6. The number of unbranched alkanes of at least 4 members (excludes halogenated alkanes) is 1. The average molecular weight is 317 g/mol. The highest BCUT2D eigenvalue weighted by Gasteiger charge is 2.16. The lowest BCUT2D eigenvalue weighted by molar-refractivity contribution is -0.128.